The van der Waals surface area contributed by atoms with Gasteiger partial charge in [0.15, 0.2) is 0 Å². The summed E-state index contributed by atoms with van der Waals surface area (Å²) in [5.41, 5.74) is 12.2. The molecule has 8 aromatic carbocycles. The normalized spacial score (nSPS) is 16.4. The van der Waals surface area contributed by atoms with Crippen LogP contribution in [0.1, 0.15) is 278 Å². The average molecular weight is 1500 g/mol. The number of methoxy groups -OCH3 is 2. The van der Waals surface area contributed by atoms with E-state index < -0.39 is 0 Å². The van der Waals surface area contributed by atoms with E-state index in [1.165, 1.54) is 70.2 Å². The van der Waals surface area contributed by atoms with Gasteiger partial charge in [0.05, 0.1) is 0 Å². The summed E-state index contributed by atoms with van der Waals surface area (Å²) >= 11 is 0. The van der Waals surface area contributed by atoms with Crippen molar-refractivity contribution < 1.29 is 9.47 Å². The Balaban J connectivity index is 0.000000293. The van der Waals surface area contributed by atoms with Gasteiger partial charge in [-0.25, -0.2) is 0 Å². The highest BCUT2D eigenvalue weighted by Gasteiger charge is 2.52. The smallest absolute Gasteiger partial charge is 0.0351 e. The van der Waals surface area contributed by atoms with Gasteiger partial charge in [-0.2, -0.15) is 0 Å². The first kappa shape index (κ1) is 94.2. The molecule has 0 spiro atoms. The number of hydrogen-bond acceptors (Lipinski definition) is 2. The van der Waals surface area contributed by atoms with Crippen molar-refractivity contribution in [1.82, 2.24) is 0 Å². The van der Waals surface area contributed by atoms with E-state index in [-0.39, 0.29) is 10.8 Å². The highest BCUT2D eigenvalue weighted by Crippen LogP contribution is 2.66. The van der Waals surface area contributed by atoms with Crippen molar-refractivity contribution in [2.75, 3.05) is 28.4 Å². The van der Waals surface area contributed by atoms with Crippen molar-refractivity contribution in [3.8, 4) is 0 Å². The third kappa shape index (κ3) is 32.6. The van der Waals surface area contributed by atoms with E-state index in [4.69, 9.17) is 0 Å². The third-order valence-corrected chi connectivity index (χ3v) is 23.4. The molecule has 2 heteroatoms. The number of ether oxygens (including phenoxy) is 2. The Bertz CT molecular complexity index is 3430. The van der Waals surface area contributed by atoms with Crippen LogP contribution in [0.15, 0.2) is 340 Å². The Labute approximate surface area is 685 Å². The van der Waals surface area contributed by atoms with E-state index in [1.807, 2.05) is 0 Å². The number of allylic oxidation sites excluding steroid dienone is 16. The third-order valence-electron chi connectivity index (χ3n) is 23.4. The summed E-state index contributed by atoms with van der Waals surface area (Å²) in [7, 11) is 6.50. The quantitative estimate of drug-likeness (QED) is 0.0281. The van der Waals surface area contributed by atoms with Crippen LogP contribution < -0.4 is 0 Å². The molecule has 9 rings (SSSR count). The minimum absolute atomic E-state index is 0.229. The molecule has 600 valence electrons. The fraction of sp³-hybridized carbons (Fsp3) is 0.418. The van der Waals surface area contributed by atoms with Gasteiger partial charge in [-0.1, -0.05) is 395 Å². The van der Waals surface area contributed by atoms with Gasteiger partial charge in [0.25, 0.3) is 0 Å². The first-order chi connectivity index (χ1) is 54.6. The van der Waals surface area contributed by atoms with Gasteiger partial charge >= 0.3 is 0 Å². The molecule has 4 unspecified atom stereocenters. The largest absolute Gasteiger partial charge is 0.388 e. The number of benzene rings is 8. The van der Waals surface area contributed by atoms with Crippen molar-refractivity contribution >= 4 is 0 Å². The van der Waals surface area contributed by atoms with Crippen LogP contribution in [-0.2, 0) is 9.47 Å². The molecule has 1 aliphatic rings. The Morgan fingerprint density at radius 3 is 0.634 bits per heavy atom. The SMILES string of the molecule is C/C=C/CC/C=C\CC(C/C=C\CC/C=C/C)(CC(CC(c1ccccc1)C(C)C)c1ccccc1)C(C)C.C/C=C/CC/C=C\CC(C/C=C\CC/C=C/C)(CC(CC(c1ccccc1)C(C)C)c1ccccc1)C(C)C.COC.COC.c1ccc(C2C(c3ccccc3)C(c3ccccc3)C2c2ccccc2)cc1. The zero-order valence-electron chi connectivity index (χ0n) is 72.4. The maximum Gasteiger partial charge on any atom is 0.0351 e. The predicted molar refractivity (Wildman–Crippen MR) is 493 cm³/mol. The molecule has 0 aromatic heterocycles. The van der Waals surface area contributed by atoms with E-state index in [1.54, 1.807) is 28.4 Å². The van der Waals surface area contributed by atoms with E-state index in [0.717, 1.165) is 77.0 Å². The maximum absolute atomic E-state index is 4.25. The molecule has 0 heterocycles. The van der Waals surface area contributed by atoms with E-state index in [9.17, 15) is 0 Å². The molecule has 112 heavy (non-hydrogen) atoms. The zero-order valence-corrected chi connectivity index (χ0v) is 72.4. The number of rotatable bonds is 40. The number of unbranched alkanes of at least 4 members (excludes halogenated alkanes) is 4. The van der Waals surface area contributed by atoms with Crippen LogP contribution in [0, 0.1) is 34.5 Å². The van der Waals surface area contributed by atoms with Crippen molar-refractivity contribution in [2.45, 2.75) is 233 Å². The summed E-state index contributed by atoms with van der Waals surface area (Å²) in [6.45, 7) is 27.9. The zero-order chi connectivity index (χ0) is 80.9. The van der Waals surface area contributed by atoms with Crippen LogP contribution in [0.4, 0.5) is 0 Å². The standard InChI is InChI=1S/2C39H56.C28H24.2C2H6O/c2*1-7-9-11-13-15-23-29-39(34(5)6,30-24-16-14-12-10-8-2)32-37(35-25-19-17-20-26-35)31-38(33(3)4)36-27-21-18-22-28-36;1-5-13-21(14-6-1)25-26(22-15-7-2-8-16-22)28(24-19-11-4-12-20-24)27(25)23-17-9-3-10-18-23;2*1-3-2/h2*7-10,15-28,33-34,37-38H,11-14,29-32H2,1-6H3;1-20,25-28H;2*1-2H3/b2*9-7+,10-8+,23-15-,24-16-;;;. The van der Waals surface area contributed by atoms with Crippen LogP contribution >= 0.6 is 0 Å². The summed E-state index contributed by atoms with van der Waals surface area (Å²) < 4.78 is 8.50. The monoisotopic (exact) mass is 1500 g/mol. The van der Waals surface area contributed by atoms with Crippen LogP contribution in [0.2, 0.25) is 0 Å². The first-order valence-electron chi connectivity index (χ1n) is 42.9. The lowest BCUT2D eigenvalue weighted by Gasteiger charge is -2.53. The van der Waals surface area contributed by atoms with Crippen LogP contribution in [0.5, 0.6) is 0 Å². The van der Waals surface area contributed by atoms with Gasteiger partial charge in [-0.05, 0) is 257 Å². The lowest BCUT2D eigenvalue weighted by Crippen LogP contribution is -2.40. The Kier molecular flexibility index (Phi) is 47.0. The summed E-state index contributed by atoms with van der Waals surface area (Å²) in [5.74, 6) is 6.47. The topological polar surface area (TPSA) is 18.5 Å². The molecule has 2 nitrogen and oxygen atoms in total. The Morgan fingerprint density at radius 1 is 0.259 bits per heavy atom. The molecule has 4 atom stereocenters. The Hall–Kier alpha value is -8.40. The molecule has 1 saturated carbocycles. The fourth-order valence-corrected chi connectivity index (χ4v) is 16.9. The van der Waals surface area contributed by atoms with Gasteiger partial charge in [-0.15, -0.1) is 0 Å². The van der Waals surface area contributed by atoms with E-state index >= 15 is 0 Å². The average Bonchev–Trinajstić information content (AvgIpc) is 0.717. The number of hydrogen-bond donors (Lipinski definition) is 0. The minimum Gasteiger partial charge on any atom is -0.388 e. The molecule has 1 fully saturated rings. The lowest BCUT2D eigenvalue weighted by molar-refractivity contribution is 0.154. The van der Waals surface area contributed by atoms with Gasteiger partial charge in [0.2, 0.25) is 0 Å². The molecule has 8 aromatic rings. The molecule has 0 bridgehead atoms. The van der Waals surface area contributed by atoms with Gasteiger partial charge < -0.3 is 9.47 Å². The summed E-state index contributed by atoms with van der Waals surface area (Å²) in [4.78, 5) is 0. The van der Waals surface area contributed by atoms with Crippen LogP contribution in [-0.4, -0.2) is 28.4 Å². The van der Waals surface area contributed by atoms with E-state index in [2.05, 4.69) is 432 Å². The lowest BCUT2D eigenvalue weighted by atomic mass is 9.49. The Morgan fingerprint density at radius 2 is 0.446 bits per heavy atom. The predicted octanol–water partition coefficient (Wildman–Crippen LogP) is 32.1. The van der Waals surface area contributed by atoms with E-state index in [0.29, 0.717) is 71.0 Å². The molecule has 0 N–H and O–H groups in total. The fourth-order valence-electron chi connectivity index (χ4n) is 16.9. The molecule has 1 aliphatic carbocycles. The first-order valence-corrected chi connectivity index (χ1v) is 42.9. The van der Waals surface area contributed by atoms with Crippen molar-refractivity contribution in [3.63, 3.8) is 0 Å². The molecule has 0 amide bonds. The molecule has 0 radical (unpaired) electrons. The molecule has 0 saturated heterocycles. The van der Waals surface area contributed by atoms with Gasteiger partial charge in [0, 0.05) is 28.4 Å². The van der Waals surface area contributed by atoms with Gasteiger partial charge in [0.1, 0.15) is 0 Å². The minimum atomic E-state index is 0.229. The van der Waals surface area contributed by atoms with Crippen molar-refractivity contribution in [2.24, 2.45) is 34.5 Å². The van der Waals surface area contributed by atoms with Crippen molar-refractivity contribution in [1.29, 1.82) is 0 Å². The second-order valence-corrected chi connectivity index (χ2v) is 32.5. The van der Waals surface area contributed by atoms with Gasteiger partial charge in [-0.3, -0.25) is 0 Å². The molecular weight excluding hydrogens is 1350 g/mol. The van der Waals surface area contributed by atoms with Crippen LogP contribution in [0.3, 0.4) is 0 Å². The second kappa shape index (κ2) is 55.9. The van der Waals surface area contributed by atoms with Crippen molar-refractivity contribution in [3.05, 3.63) is 384 Å². The summed E-state index contributed by atoms with van der Waals surface area (Å²) in [5, 5.41) is 0. The highest BCUT2D eigenvalue weighted by atomic mass is 16.5. The highest BCUT2D eigenvalue weighted by molar-refractivity contribution is 5.48. The van der Waals surface area contributed by atoms with Crippen LogP contribution in [0.25, 0.3) is 0 Å². The molecule has 0 aliphatic heterocycles. The summed E-state index contributed by atoms with van der Waals surface area (Å²) in [6.07, 6.45) is 55.8. The molecular formula is C110H148O2. The second-order valence-electron chi connectivity index (χ2n) is 32.5. The maximum atomic E-state index is 4.25. The summed E-state index contributed by atoms with van der Waals surface area (Å²) in [6, 6.07) is 89.5.